The van der Waals surface area contributed by atoms with E-state index in [2.05, 4.69) is 303 Å². The minimum atomic E-state index is -3.62. The number of methoxy groups -OCH3 is 1. The first-order valence-electron chi connectivity index (χ1n) is 44.3. The molecule has 0 radical (unpaired) electrons. The van der Waals surface area contributed by atoms with Crippen LogP contribution in [0.3, 0.4) is 0 Å². The van der Waals surface area contributed by atoms with E-state index in [9.17, 15) is 8.42 Å². The van der Waals surface area contributed by atoms with E-state index in [0.29, 0.717) is 47.1 Å². The molecule has 4 unspecified atom stereocenters. The van der Waals surface area contributed by atoms with Crippen molar-refractivity contribution >= 4 is 98.5 Å². The Kier molecular flexibility index (Phi) is 25.6. The molecule has 636 valence electrons. The van der Waals surface area contributed by atoms with Crippen LogP contribution < -0.4 is 19.3 Å². The Balaban J connectivity index is 0.000000140. The van der Waals surface area contributed by atoms with Crippen molar-refractivity contribution in [3.63, 3.8) is 0 Å². The van der Waals surface area contributed by atoms with Gasteiger partial charge in [-0.15, -0.1) is 16.8 Å². The molecule has 19 rings (SSSR count). The zero-order chi connectivity index (χ0) is 88.9. The van der Waals surface area contributed by atoms with Crippen molar-refractivity contribution < 1.29 is 22.3 Å². The molecule has 2 aliphatic rings. The third-order valence-corrected chi connectivity index (χ3v) is 28.2. The van der Waals surface area contributed by atoms with Crippen molar-refractivity contribution in [3.05, 3.63) is 401 Å². The van der Waals surface area contributed by atoms with E-state index in [-0.39, 0.29) is 9.79 Å². The lowest BCUT2D eigenvalue weighted by Gasteiger charge is -2.40. The lowest BCUT2D eigenvalue weighted by Crippen LogP contribution is -2.21. The van der Waals surface area contributed by atoms with Gasteiger partial charge >= 0.3 is 0 Å². The fourth-order valence-electron chi connectivity index (χ4n) is 18.5. The summed E-state index contributed by atoms with van der Waals surface area (Å²) in [6.07, 6.45) is 5.32. The molecule has 2 heterocycles. The number of hydrogen-bond donors (Lipinski definition) is 0. The topological polar surface area (TPSA) is 103 Å². The number of fused-ring (bicyclic) bond motifs is 4. The highest BCUT2D eigenvalue weighted by Crippen LogP contribution is 2.57. The maximum atomic E-state index is 13.1. The number of sulfone groups is 1. The summed E-state index contributed by atoms with van der Waals surface area (Å²) in [5.41, 5.74) is 33.5. The average Bonchev–Trinajstić information content (AvgIpc) is 1.17. The molecule has 127 heavy (non-hydrogen) atoms. The van der Waals surface area contributed by atoms with Crippen LogP contribution in [0, 0.1) is 47.5 Å². The van der Waals surface area contributed by atoms with Gasteiger partial charge in [-0.05, 0) is 345 Å². The summed E-state index contributed by atoms with van der Waals surface area (Å²) >= 11 is 0. The fourth-order valence-corrected chi connectivity index (χ4v) is 19.7. The Morgan fingerprint density at radius 1 is 0.433 bits per heavy atom. The highest BCUT2D eigenvalue weighted by atomic mass is 32.2. The molecule has 0 saturated heterocycles. The quantitative estimate of drug-likeness (QED) is 0.0690. The second-order valence-electron chi connectivity index (χ2n) is 33.8. The van der Waals surface area contributed by atoms with Crippen LogP contribution >= 0.6 is 0 Å². The van der Waals surface area contributed by atoms with Crippen LogP contribution in [-0.4, -0.2) is 30.3 Å². The molecule has 0 bridgehead atoms. The number of hydrogen-bond acceptors (Lipinski definition) is 9. The molecule has 15 aromatic carbocycles. The van der Waals surface area contributed by atoms with Gasteiger partial charge < -0.3 is 28.3 Å². The summed E-state index contributed by atoms with van der Waals surface area (Å²) < 4.78 is 46.2. The monoisotopic (exact) mass is 1690 g/mol. The minimum absolute atomic E-state index is 0.218. The minimum Gasteiger partial charge on any atom is -0.497 e. The first kappa shape index (κ1) is 86.6. The molecule has 4 atom stereocenters. The highest BCUT2D eigenvalue weighted by molar-refractivity contribution is 7.91. The fraction of sp³-hybridized carbons (Fsp3) is 0.190. The Labute approximate surface area is 749 Å². The second kappa shape index (κ2) is 37.5. The van der Waals surface area contributed by atoms with Crippen molar-refractivity contribution in [1.82, 2.24) is 14.8 Å². The summed E-state index contributed by atoms with van der Waals surface area (Å²) in [6.45, 7) is 36.2. The van der Waals surface area contributed by atoms with Gasteiger partial charge in [-0.3, -0.25) is 0 Å². The normalized spacial score (nSPS) is 13.9. The van der Waals surface area contributed by atoms with Crippen molar-refractivity contribution in [2.45, 2.75) is 144 Å². The van der Waals surface area contributed by atoms with Crippen LogP contribution in [0.1, 0.15) is 148 Å². The maximum absolute atomic E-state index is 13.1. The van der Waals surface area contributed by atoms with Crippen LogP contribution in [0.5, 0.6) is 17.2 Å². The summed E-state index contributed by atoms with van der Waals surface area (Å²) in [6, 6.07) is 108. The van der Waals surface area contributed by atoms with E-state index in [1.807, 2.05) is 104 Å². The molecule has 2 aliphatic carbocycles. The number of nitrogens with zero attached hydrogens (tertiary/aromatic N) is 5. The molecule has 0 N–H and O–H groups in total. The number of aryl methyl sites for hydroxylation is 3. The lowest BCUT2D eigenvalue weighted by atomic mass is 9.64. The van der Waals surface area contributed by atoms with Gasteiger partial charge in [0.2, 0.25) is 21.6 Å². The van der Waals surface area contributed by atoms with E-state index >= 15 is 0 Å². The Bertz CT molecular complexity index is 6980. The summed E-state index contributed by atoms with van der Waals surface area (Å²) in [7, 11) is -1.95. The van der Waals surface area contributed by atoms with Gasteiger partial charge in [0.1, 0.15) is 17.2 Å². The molecule has 0 saturated carbocycles. The predicted octanol–water partition coefficient (Wildman–Crippen LogP) is 32.3. The standard InChI is InChI=1S/C50H40N2O4S.C28H34.C22H20N2O.C16H17N/c1-37-13-33-49(34-14-37)57(53,54)50-35-31-48(32-36-50)56-47-29-25-45(26-30-47)52(41-11-7-4-8-12-41)43-21-17-39(18-22-43)38-15-19-42(20-16-38)51(40-9-5-3-6-10-40)44-23-27-46(55-2)28-24-44;1-11-12-22-14(3)17(6)25-19(8)18(7)23-15(4)13(2)16(5)24-20(9)21(10)26(22)28(25)27(23)24;1-3-15(2)16-11-13-18(14-12-16)21-23-24-22(25-21)20-10-6-8-17-7-4-5-9-19(17)20;1-3-12(2)17-15-10-6-4-8-13(15)14-9-5-7-11-16(14)17/h3-36H,1-2H3;11,17-18H,1,12H2,2-10H3;4-15H,3H2,1-2H3;4-12H,3H2,1-2H3. The van der Waals surface area contributed by atoms with E-state index < -0.39 is 9.84 Å². The third-order valence-electron chi connectivity index (χ3n) is 26.4. The van der Waals surface area contributed by atoms with Gasteiger partial charge in [0, 0.05) is 84.9 Å². The molecule has 10 nitrogen and oxygen atoms in total. The first-order valence-corrected chi connectivity index (χ1v) is 45.8. The molecule has 2 aromatic heterocycles. The molecule has 0 aliphatic heterocycles. The van der Waals surface area contributed by atoms with Crippen LogP contribution in [0.25, 0.3) is 88.5 Å². The van der Waals surface area contributed by atoms with E-state index in [0.717, 1.165) is 97.7 Å². The number of benzene rings is 15. The van der Waals surface area contributed by atoms with Crippen LogP contribution in [0.15, 0.2) is 360 Å². The number of ether oxygens (including phenoxy) is 2. The number of allylic oxidation sites excluding steroid dienone is 5. The zero-order valence-electron chi connectivity index (χ0n) is 75.5. The van der Waals surface area contributed by atoms with Gasteiger partial charge in [0.25, 0.3) is 0 Å². The average molecular weight is 1690 g/mol. The van der Waals surface area contributed by atoms with Crippen molar-refractivity contribution in [2.75, 3.05) is 16.9 Å². The van der Waals surface area contributed by atoms with Crippen molar-refractivity contribution in [2.24, 2.45) is 5.92 Å². The van der Waals surface area contributed by atoms with E-state index in [1.54, 1.807) is 83.3 Å². The highest BCUT2D eigenvalue weighted by Gasteiger charge is 2.38. The lowest BCUT2D eigenvalue weighted by molar-refractivity contribution is 0.415. The summed E-state index contributed by atoms with van der Waals surface area (Å²) in [5, 5.41) is 16.6. The second-order valence-corrected chi connectivity index (χ2v) is 35.7. The van der Waals surface area contributed by atoms with Gasteiger partial charge in [0.15, 0.2) is 0 Å². The predicted molar refractivity (Wildman–Crippen MR) is 532 cm³/mol. The largest absolute Gasteiger partial charge is 0.497 e. The number of rotatable bonds is 20. The number of para-hydroxylation sites is 4. The van der Waals surface area contributed by atoms with Crippen LogP contribution in [0.2, 0.25) is 0 Å². The molecule has 0 spiro atoms. The molecule has 17 aromatic rings. The number of aromatic nitrogens is 3. The molecular weight excluding hydrogens is 1580 g/mol. The van der Waals surface area contributed by atoms with Crippen LogP contribution in [0.4, 0.5) is 34.1 Å². The molecule has 0 fully saturated rings. The van der Waals surface area contributed by atoms with E-state index in [1.165, 1.54) is 77.3 Å². The molecule has 0 amide bonds. The summed E-state index contributed by atoms with van der Waals surface area (Å²) in [4.78, 5) is 4.92. The molecular formula is C116H111N5O5S. The van der Waals surface area contributed by atoms with Crippen LogP contribution in [-0.2, 0) is 9.84 Å². The van der Waals surface area contributed by atoms with Gasteiger partial charge in [0.05, 0.1) is 16.9 Å². The Morgan fingerprint density at radius 3 is 1.40 bits per heavy atom. The zero-order valence-corrected chi connectivity index (χ0v) is 76.3. The first-order chi connectivity index (χ1) is 61.6. The van der Waals surface area contributed by atoms with Gasteiger partial charge in [-0.2, -0.15) is 0 Å². The number of anilines is 6. The van der Waals surface area contributed by atoms with E-state index in [4.69, 9.17) is 13.9 Å². The third kappa shape index (κ3) is 17.2. The smallest absolute Gasteiger partial charge is 0.248 e. The van der Waals surface area contributed by atoms with Crippen molar-refractivity contribution in [1.29, 1.82) is 0 Å². The van der Waals surface area contributed by atoms with Gasteiger partial charge in [-0.1, -0.05) is 215 Å². The van der Waals surface area contributed by atoms with Crippen molar-refractivity contribution in [3.8, 4) is 51.3 Å². The SMILES string of the molecule is C=CCC1=C(C)C(C)C2=C(C)C(C)c3c(C)c(C)c(C)c4c(C)c(C)c1c2c34.CCC(C)c1ccc(-c2nnc(-c3cccc4ccccc34)o2)cc1.CCC(C)n1c2ccccc2c2ccccc21.COc1ccc(N(c2ccccc2)c2ccc(-c3ccc(N(c4ccccc4)c4ccc(Oc5ccc(S(=O)(=O)c6ccc(C)cc6)cc5)cc4)cc3)cc2)cc1. The summed E-state index contributed by atoms with van der Waals surface area (Å²) in [5.74, 6) is 4.62. The Morgan fingerprint density at radius 2 is 0.882 bits per heavy atom. The van der Waals surface area contributed by atoms with Gasteiger partial charge in [-0.25, -0.2) is 8.42 Å². The molecule has 11 heteroatoms. The Hall–Kier alpha value is -13.9. The maximum Gasteiger partial charge on any atom is 0.248 e.